The van der Waals surface area contributed by atoms with E-state index in [4.69, 9.17) is 5.73 Å². The molecule has 1 aromatic heterocycles. The number of thiazole rings is 1. The van der Waals surface area contributed by atoms with E-state index in [1.54, 1.807) is 0 Å². The van der Waals surface area contributed by atoms with Crippen LogP contribution in [0.5, 0.6) is 0 Å². The summed E-state index contributed by atoms with van der Waals surface area (Å²) in [6.45, 7) is 1.31. The van der Waals surface area contributed by atoms with Gasteiger partial charge in [0.15, 0.2) is 5.01 Å². The molecule has 1 aliphatic heterocycles. The number of benzene rings is 1. The molecule has 2 heterocycles. The monoisotopic (exact) mass is 315 g/mol. The lowest BCUT2D eigenvalue weighted by atomic mass is 10.1. The second-order valence-electron chi connectivity index (χ2n) is 5.30. The summed E-state index contributed by atoms with van der Waals surface area (Å²) in [5, 5.41) is 0.370. The fourth-order valence-electron chi connectivity index (χ4n) is 2.60. The van der Waals surface area contributed by atoms with E-state index in [1.165, 1.54) is 11.3 Å². The maximum atomic E-state index is 12.4. The highest BCUT2D eigenvalue weighted by Gasteiger charge is 2.22. The lowest BCUT2D eigenvalue weighted by molar-refractivity contribution is -0.130. The summed E-state index contributed by atoms with van der Waals surface area (Å²) in [7, 11) is 0. The first-order valence-corrected chi connectivity index (χ1v) is 8.05. The van der Waals surface area contributed by atoms with Gasteiger partial charge in [0.2, 0.25) is 5.91 Å². The SMILES string of the molecule is NC(=O)c1nc2c(s1)CCN(C(=O)Cc1ccccc1)CC2. The van der Waals surface area contributed by atoms with E-state index in [0.717, 1.165) is 22.6 Å². The Morgan fingerprint density at radius 3 is 2.64 bits per heavy atom. The zero-order valence-electron chi connectivity index (χ0n) is 12.1. The quantitative estimate of drug-likeness (QED) is 0.930. The van der Waals surface area contributed by atoms with Crippen molar-refractivity contribution in [3.05, 3.63) is 51.5 Å². The van der Waals surface area contributed by atoms with Crippen LogP contribution in [0, 0.1) is 0 Å². The second kappa shape index (κ2) is 6.27. The number of aromatic nitrogens is 1. The van der Waals surface area contributed by atoms with E-state index < -0.39 is 5.91 Å². The summed E-state index contributed by atoms with van der Waals surface area (Å²) in [6.07, 6.45) is 1.84. The van der Waals surface area contributed by atoms with Gasteiger partial charge < -0.3 is 10.6 Å². The number of nitrogens with zero attached hydrogens (tertiary/aromatic N) is 2. The molecular formula is C16H17N3O2S. The molecular weight excluding hydrogens is 298 g/mol. The van der Waals surface area contributed by atoms with Crippen LogP contribution in [0.4, 0.5) is 0 Å². The van der Waals surface area contributed by atoms with Crippen LogP contribution in [-0.2, 0) is 24.1 Å². The summed E-state index contributed by atoms with van der Waals surface area (Å²) in [6, 6.07) is 9.76. The van der Waals surface area contributed by atoms with E-state index in [0.29, 0.717) is 30.9 Å². The number of hydrogen-bond donors (Lipinski definition) is 1. The number of fused-ring (bicyclic) bond motifs is 1. The Bertz CT molecular complexity index is 671. The average Bonchev–Trinajstić information content (AvgIpc) is 2.82. The van der Waals surface area contributed by atoms with Crippen LogP contribution in [0.1, 0.15) is 25.9 Å². The number of amides is 2. The lowest BCUT2D eigenvalue weighted by Crippen LogP contribution is -2.34. The molecule has 0 fully saturated rings. The Morgan fingerprint density at radius 1 is 1.18 bits per heavy atom. The summed E-state index contributed by atoms with van der Waals surface area (Å²) >= 11 is 1.35. The van der Waals surface area contributed by atoms with Crippen molar-refractivity contribution in [3.8, 4) is 0 Å². The lowest BCUT2D eigenvalue weighted by Gasteiger charge is -2.20. The Morgan fingerprint density at radius 2 is 1.91 bits per heavy atom. The van der Waals surface area contributed by atoms with Crippen molar-refractivity contribution >= 4 is 23.2 Å². The van der Waals surface area contributed by atoms with Gasteiger partial charge in [-0.15, -0.1) is 11.3 Å². The highest BCUT2D eigenvalue weighted by atomic mass is 32.1. The third kappa shape index (κ3) is 3.17. The number of primary amides is 1. The summed E-state index contributed by atoms with van der Waals surface area (Å²) in [4.78, 5) is 30.8. The second-order valence-corrected chi connectivity index (χ2v) is 6.38. The largest absolute Gasteiger partial charge is 0.364 e. The molecule has 1 aliphatic rings. The van der Waals surface area contributed by atoms with Crippen LogP contribution in [0.25, 0.3) is 0 Å². The van der Waals surface area contributed by atoms with Crippen molar-refractivity contribution in [2.75, 3.05) is 13.1 Å². The molecule has 5 nitrogen and oxygen atoms in total. The third-order valence-corrected chi connectivity index (χ3v) is 4.94. The minimum atomic E-state index is -0.477. The standard InChI is InChI=1S/C16H17N3O2S/c17-15(21)16-18-12-6-8-19(9-7-13(12)22-16)14(20)10-11-4-2-1-3-5-11/h1-5H,6-10H2,(H2,17,21). The van der Waals surface area contributed by atoms with Gasteiger partial charge in [0.25, 0.3) is 5.91 Å². The maximum absolute atomic E-state index is 12.4. The molecule has 22 heavy (non-hydrogen) atoms. The molecule has 0 radical (unpaired) electrons. The van der Waals surface area contributed by atoms with Gasteiger partial charge in [-0.1, -0.05) is 30.3 Å². The van der Waals surface area contributed by atoms with Gasteiger partial charge >= 0.3 is 0 Å². The van der Waals surface area contributed by atoms with Gasteiger partial charge in [-0.3, -0.25) is 9.59 Å². The van der Waals surface area contributed by atoms with Gasteiger partial charge in [-0.2, -0.15) is 0 Å². The molecule has 114 valence electrons. The van der Waals surface area contributed by atoms with Crippen molar-refractivity contribution in [3.63, 3.8) is 0 Å². The topological polar surface area (TPSA) is 76.3 Å². The molecule has 2 aromatic rings. The molecule has 0 saturated carbocycles. The van der Waals surface area contributed by atoms with E-state index >= 15 is 0 Å². The van der Waals surface area contributed by atoms with Crippen LogP contribution in [-0.4, -0.2) is 34.8 Å². The van der Waals surface area contributed by atoms with Gasteiger partial charge in [0.1, 0.15) is 0 Å². The molecule has 3 rings (SSSR count). The van der Waals surface area contributed by atoms with Crippen LogP contribution in [0.2, 0.25) is 0 Å². The van der Waals surface area contributed by atoms with Crippen LogP contribution < -0.4 is 5.73 Å². The molecule has 0 spiro atoms. The van der Waals surface area contributed by atoms with Gasteiger partial charge in [-0.05, 0) is 5.56 Å². The Labute approximate surface area is 132 Å². The minimum Gasteiger partial charge on any atom is -0.364 e. The highest BCUT2D eigenvalue weighted by molar-refractivity contribution is 7.13. The van der Waals surface area contributed by atoms with E-state index in [1.807, 2.05) is 35.2 Å². The number of carbonyl (C=O) groups excluding carboxylic acids is 2. The van der Waals surface area contributed by atoms with E-state index in [2.05, 4.69) is 4.98 Å². The number of carbonyl (C=O) groups is 2. The molecule has 0 bridgehead atoms. The maximum Gasteiger partial charge on any atom is 0.277 e. The third-order valence-electron chi connectivity index (χ3n) is 3.77. The van der Waals surface area contributed by atoms with Crippen molar-refractivity contribution in [1.29, 1.82) is 0 Å². The molecule has 0 aliphatic carbocycles. The first-order chi connectivity index (χ1) is 10.6. The Kier molecular flexibility index (Phi) is 4.20. The number of rotatable bonds is 3. The minimum absolute atomic E-state index is 0.136. The molecule has 2 amide bonds. The Balaban J connectivity index is 1.65. The zero-order valence-corrected chi connectivity index (χ0v) is 12.9. The average molecular weight is 315 g/mol. The van der Waals surface area contributed by atoms with Crippen LogP contribution in [0.15, 0.2) is 30.3 Å². The number of hydrogen-bond acceptors (Lipinski definition) is 4. The molecule has 6 heteroatoms. The van der Waals surface area contributed by atoms with Crippen molar-refractivity contribution in [2.45, 2.75) is 19.3 Å². The van der Waals surface area contributed by atoms with Gasteiger partial charge in [0, 0.05) is 30.8 Å². The van der Waals surface area contributed by atoms with Crippen molar-refractivity contribution < 1.29 is 9.59 Å². The smallest absolute Gasteiger partial charge is 0.277 e. The molecule has 0 unspecified atom stereocenters. The van der Waals surface area contributed by atoms with Gasteiger partial charge in [-0.25, -0.2) is 4.98 Å². The van der Waals surface area contributed by atoms with E-state index in [9.17, 15) is 9.59 Å². The fourth-order valence-corrected chi connectivity index (χ4v) is 3.55. The highest BCUT2D eigenvalue weighted by Crippen LogP contribution is 2.23. The molecule has 0 atom stereocenters. The predicted octanol–water partition coefficient (Wildman–Crippen LogP) is 1.41. The molecule has 2 N–H and O–H groups in total. The van der Waals surface area contributed by atoms with Crippen molar-refractivity contribution in [2.24, 2.45) is 5.73 Å². The van der Waals surface area contributed by atoms with E-state index in [-0.39, 0.29) is 5.91 Å². The predicted molar refractivity (Wildman–Crippen MR) is 84.8 cm³/mol. The summed E-state index contributed by atoms with van der Waals surface area (Å²) in [5.41, 5.74) is 7.21. The summed E-state index contributed by atoms with van der Waals surface area (Å²) in [5.74, 6) is -0.341. The number of nitrogens with two attached hydrogens (primary N) is 1. The van der Waals surface area contributed by atoms with Crippen LogP contribution in [0.3, 0.4) is 0 Å². The normalized spacial score (nSPS) is 14.3. The fraction of sp³-hybridized carbons (Fsp3) is 0.312. The van der Waals surface area contributed by atoms with Gasteiger partial charge in [0.05, 0.1) is 12.1 Å². The molecule has 0 saturated heterocycles. The first-order valence-electron chi connectivity index (χ1n) is 7.23. The van der Waals surface area contributed by atoms with Crippen LogP contribution >= 0.6 is 11.3 Å². The summed E-state index contributed by atoms with van der Waals surface area (Å²) < 4.78 is 0. The Hall–Kier alpha value is -2.21. The first kappa shape index (κ1) is 14.7. The molecule has 1 aromatic carbocycles. The zero-order chi connectivity index (χ0) is 15.5. The van der Waals surface area contributed by atoms with Crippen molar-refractivity contribution in [1.82, 2.24) is 9.88 Å².